The zero-order valence-corrected chi connectivity index (χ0v) is 12.8. The maximum atomic E-state index is 14.4. The third-order valence-corrected chi connectivity index (χ3v) is 3.74. The summed E-state index contributed by atoms with van der Waals surface area (Å²) in [6, 6.07) is 3.90. The number of dihydropyridines is 1. The zero-order valence-electron chi connectivity index (χ0n) is 12.8. The van der Waals surface area contributed by atoms with Crippen molar-refractivity contribution in [1.29, 1.82) is 0 Å². The van der Waals surface area contributed by atoms with Gasteiger partial charge in [0.05, 0.1) is 24.2 Å². The van der Waals surface area contributed by atoms with Gasteiger partial charge in [-0.25, -0.2) is 14.0 Å². The van der Waals surface area contributed by atoms with Crippen LogP contribution in [-0.2, 0) is 9.59 Å². The van der Waals surface area contributed by atoms with Crippen molar-refractivity contribution in [3.8, 4) is 5.75 Å². The highest BCUT2D eigenvalue weighted by molar-refractivity contribution is 5.98. The van der Waals surface area contributed by atoms with Crippen LogP contribution in [0.15, 0.2) is 40.7 Å². The number of benzene rings is 1. The minimum Gasteiger partial charge on any atom is -0.497 e. The number of halogens is 1. The Labute approximate surface area is 131 Å². The van der Waals surface area contributed by atoms with Crippen LogP contribution in [0.25, 0.3) is 0 Å². The molecule has 0 amide bonds. The first-order valence-electron chi connectivity index (χ1n) is 6.76. The first kappa shape index (κ1) is 16.5. The Morgan fingerprint density at radius 1 is 1.13 bits per heavy atom. The Kier molecular flexibility index (Phi) is 4.40. The topological polar surface area (TPSA) is 95.9 Å². The van der Waals surface area contributed by atoms with Crippen molar-refractivity contribution in [3.63, 3.8) is 0 Å². The SMILES string of the molecule is COc1ccc(C2C(C(=O)O)=C(C)NC(C)=C2C(=O)O)c(F)c1. The fraction of sp³-hybridized carbons (Fsp3) is 0.250. The summed E-state index contributed by atoms with van der Waals surface area (Å²) >= 11 is 0. The molecule has 0 saturated heterocycles. The molecule has 1 aliphatic heterocycles. The van der Waals surface area contributed by atoms with Gasteiger partial charge >= 0.3 is 11.9 Å². The van der Waals surface area contributed by atoms with Crippen LogP contribution in [0.5, 0.6) is 5.75 Å². The predicted octanol–water partition coefficient (Wildman–Crippen LogP) is 2.24. The number of carbonyl (C=O) groups is 2. The van der Waals surface area contributed by atoms with Crippen molar-refractivity contribution in [3.05, 3.63) is 52.1 Å². The lowest BCUT2D eigenvalue weighted by molar-refractivity contribution is -0.133. The van der Waals surface area contributed by atoms with Crippen molar-refractivity contribution < 1.29 is 28.9 Å². The summed E-state index contributed by atoms with van der Waals surface area (Å²) in [6.07, 6.45) is 0. The van der Waals surface area contributed by atoms with Gasteiger partial charge in [-0.15, -0.1) is 0 Å². The molecule has 0 aromatic heterocycles. The molecular formula is C16H16FNO5. The highest BCUT2D eigenvalue weighted by atomic mass is 19.1. The van der Waals surface area contributed by atoms with E-state index in [0.29, 0.717) is 0 Å². The Morgan fingerprint density at radius 3 is 2.04 bits per heavy atom. The van der Waals surface area contributed by atoms with Crippen molar-refractivity contribution in [2.45, 2.75) is 19.8 Å². The summed E-state index contributed by atoms with van der Waals surface area (Å²) in [5.74, 6) is -4.29. The molecule has 0 saturated carbocycles. The molecule has 0 aliphatic carbocycles. The second-order valence-electron chi connectivity index (χ2n) is 5.13. The van der Waals surface area contributed by atoms with E-state index in [-0.39, 0.29) is 33.9 Å². The molecule has 1 aromatic carbocycles. The highest BCUT2D eigenvalue weighted by Crippen LogP contribution is 2.39. The Bertz CT molecular complexity index is 715. The van der Waals surface area contributed by atoms with Gasteiger partial charge in [0.1, 0.15) is 11.6 Å². The summed E-state index contributed by atoms with van der Waals surface area (Å²) in [4.78, 5) is 23.2. The van der Waals surface area contributed by atoms with Crippen LogP contribution in [0.2, 0.25) is 0 Å². The molecule has 0 radical (unpaired) electrons. The zero-order chi connectivity index (χ0) is 17.3. The average molecular weight is 321 g/mol. The minimum absolute atomic E-state index is 0.0270. The van der Waals surface area contributed by atoms with Crippen LogP contribution >= 0.6 is 0 Å². The number of methoxy groups -OCH3 is 1. The molecule has 0 spiro atoms. The van der Waals surface area contributed by atoms with Crippen molar-refractivity contribution in [2.24, 2.45) is 0 Å². The van der Waals surface area contributed by atoms with E-state index in [0.717, 1.165) is 6.07 Å². The summed E-state index contributed by atoms with van der Waals surface area (Å²) in [5, 5.41) is 21.6. The third kappa shape index (κ3) is 2.90. The van der Waals surface area contributed by atoms with Gasteiger partial charge in [-0.3, -0.25) is 0 Å². The molecular weight excluding hydrogens is 305 g/mol. The van der Waals surface area contributed by atoms with Crippen molar-refractivity contribution in [2.75, 3.05) is 7.11 Å². The first-order valence-corrected chi connectivity index (χ1v) is 6.76. The molecule has 1 heterocycles. The Hall–Kier alpha value is -2.83. The number of hydrogen-bond acceptors (Lipinski definition) is 4. The van der Waals surface area contributed by atoms with Gasteiger partial charge in [0.15, 0.2) is 0 Å². The summed E-state index contributed by atoms with van der Waals surface area (Å²) < 4.78 is 19.3. The average Bonchev–Trinajstić information content (AvgIpc) is 2.45. The summed E-state index contributed by atoms with van der Waals surface area (Å²) in [6.45, 7) is 3.03. The fourth-order valence-electron chi connectivity index (χ4n) is 2.74. The number of carboxylic acids is 2. The largest absolute Gasteiger partial charge is 0.497 e. The van der Waals surface area contributed by atoms with E-state index in [9.17, 15) is 24.2 Å². The van der Waals surface area contributed by atoms with E-state index in [4.69, 9.17) is 4.74 Å². The molecule has 3 N–H and O–H groups in total. The summed E-state index contributed by atoms with van der Waals surface area (Å²) in [5.41, 5.74) is 0.135. The number of aliphatic carboxylic acids is 2. The second-order valence-corrected chi connectivity index (χ2v) is 5.13. The molecule has 23 heavy (non-hydrogen) atoms. The van der Waals surface area contributed by atoms with E-state index in [2.05, 4.69) is 5.32 Å². The molecule has 1 aromatic rings. The Morgan fingerprint density at radius 2 is 1.65 bits per heavy atom. The number of nitrogens with one attached hydrogen (secondary N) is 1. The van der Waals surface area contributed by atoms with Gasteiger partial charge in [0, 0.05) is 23.0 Å². The van der Waals surface area contributed by atoms with Crippen LogP contribution in [-0.4, -0.2) is 29.3 Å². The molecule has 2 rings (SSSR count). The Balaban J connectivity index is 2.72. The molecule has 0 atom stereocenters. The monoisotopic (exact) mass is 321 g/mol. The first-order chi connectivity index (χ1) is 10.8. The van der Waals surface area contributed by atoms with Crippen LogP contribution in [0.4, 0.5) is 4.39 Å². The van der Waals surface area contributed by atoms with Gasteiger partial charge in [-0.2, -0.15) is 0 Å². The van der Waals surface area contributed by atoms with E-state index in [1.54, 1.807) is 0 Å². The number of allylic oxidation sites excluding steroid dienone is 2. The van der Waals surface area contributed by atoms with E-state index in [1.165, 1.54) is 33.1 Å². The smallest absolute Gasteiger partial charge is 0.334 e. The van der Waals surface area contributed by atoms with Crippen LogP contribution < -0.4 is 10.1 Å². The lowest BCUT2D eigenvalue weighted by Crippen LogP contribution is -2.31. The van der Waals surface area contributed by atoms with Crippen LogP contribution in [0.3, 0.4) is 0 Å². The maximum Gasteiger partial charge on any atom is 0.334 e. The molecule has 1 aliphatic rings. The lowest BCUT2D eigenvalue weighted by atomic mass is 9.80. The van der Waals surface area contributed by atoms with Crippen LogP contribution in [0.1, 0.15) is 25.3 Å². The van der Waals surface area contributed by atoms with Gasteiger partial charge < -0.3 is 20.3 Å². The highest BCUT2D eigenvalue weighted by Gasteiger charge is 2.37. The molecule has 0 unspecified atom stereocenters. The maximum absolute atomic E-state index is 14.4. The van der Waals surface area contributed by atoms with Gasteiger partial charge in [-0.05, 0) is 19.9 Å². The third-order valence-electron chi connectivity index (χ3n) is 3.74. The normalized spacial score (nSPS) is 15.5. The van der Waals surface area contributed by atoms with Crippen molar-refractivity contribution in [1.82, 2.24) is 5.32 Å². The quantitative estimate of drug-likeness (QED) is 0.787. The van der Waals surface area contributed by atoms with E-state index in [1.807, 2.05) is 0 Å². The molecule has 7 heteroatoms. The van der Waals surface area contributed by atoms with Crippen molar-refractivity contribution >= 4 is 11.9 Å². The fourth-order valence-corrected chi connectivity index (χ4v) is 2.74. The van der Waals surface area contributed by atoms with Gasteiger partial charge in [0.2, 0.25) is 0 Å². The molecule has 0 fully saturated rings. The molecule has 6 nitrogen and oxygen atoms in total. The number of ether oxygens (including phenoxy) is 1. The minimum atomic E-state index is -1.30. The lowest BCUT2D eigenvalue weighted by Gasteiger charge is -2.29. The van der Waals surface area contributed by atoms with Gasteiger partial charge in [-0.1, -0.05) is 6.07 Å². The molecule has 122 valence electrons. The number of carboxylic acid groups (broad SMARTS) is 2. The standard InChI is InChI=1S/C16H16FNO5/c1-7-12(15(19)20)14(13(16(21)22)8(2)18-7)10-5-4-9(23-3)6-11(10)17/h4-6,14,18H,1-3H3,(H,19,20)(H,21,22). The number of rotatable bonds is 4. The van der Waals surface area contributed by atoms with E-state index >= 15 is 0 Å². The summed E-state index contributed by atoms with van der Waals surface area (Å²) in [7, 11) is 1.37. The van der Waals surface area contributed by atoms with Crippen LogP contribution in [0, 0.1) is 5.82 Å². The second kappa shape index (κ2) is 6.12. The molecule has 0 bridgehead atoms. The van der Waals surface area contributed by atoms with Gasteiger partial charge in [0.25, 0.3) is 0 Å². The predicted molar refractivity (Wildman–Crippen MR) is 79.5 cm³/mol. The number of hydrogen-bond donors (Lipinski definition) is 3. The van der Waals surface area contributed by atoms with E-state index < -0.39 is 23.7 Å².